The second-order valence-electron chi connectivity index (χ2n) is 4.11. The molecule has 0 aliphatic rings. The first-order valence-corrected chi connectivity index (χ1v) is 5.97. The Balaban J connectivity index is 2.03. The van der Waals surface area contributed by atoms with Gasteiger partial charge in [-0.1, -0.05) is 29.3 Å². The highest BCUT2D eigenvalue weighted by molar-refractivity contribution is 6.31. The van der Waals surface area contributed by atoms with Crippen LogP contribution in [-0.4, -0.2) is 15.7 Å². The van der Waals surface area contributed by atoms with Crippen LogP contribution in [0, 0.1) is 6.92 Å². The summed E-state index contributed by atoms with van der Waals surface area (Å²) in [5.74, 6) is -0.118. The molecule has 0 radical (unpaired) electrons. The van der Waals surface area contributed by atoms with Gasteiger partial charge in [0.25, 0.3) is 5.91 Å². The summed E-state index contributed by atoms with van der Waals surface area (Å²) < 4.78 is 1.65. The van der Waals surface area contributed by atoms with Gasteiger partial charge in [0.05, 0.1) is 23.5 Å². The summed E-state index contributed by atoms with van der Waals surface area (Å²) in [6.45, 7) is 2.35. The molecule has 0 atom stereocenters. The van der Waals surface area contributed by atoms with Gasteiger partial charge >= 0.3 is 0 Å². The largest absolute Gasteiger partial charge is 0.346 e. The lowest BCUT2D eigenvalue weighted by Crippen LogP contribution is -2.24. The molecule has 0 saturated carbocycles. The fourth-order valence-electron chi connectivity index (χ4n) is 1.61. The number of nitrogens with zero attached hydrogens (tertiary/aromatic N) is 2. The van der Waals surface area contributed by atoms with Crippen molar-refractivity contribution in [1.82, 2.24) is 15.1 Å². The third kappa shape index (κ3) is 2.71. The van der Waals surface area contributed by atoms with Crippen molar-refractivity contribution in [3.8, 4) is 0 Å². The highest BCUT2D eigenvalue weighted by Gasteiger charge is 2.09. The van der Waals surface area contributed by atoms with E-state index in [1.807, 2.05) is 19.1 Å². The van der Waals surface area contributed by atoms with Crippen LogP contribution in [0.2, 0.25) is 5.02 Å². The normalized spacial score (nSPS) is 10.4. The van der Waals surface area contributed by atoms with E-state index in [0.29, 0.717) is 17.1 Å². The molecule has 1 aromatic heterocycles. The van der Waals surface area contributed by atoms with Crippen LogP contribution in [0.4, 0.5) is 0 Å². The summed E-state index contributed by atoms with van der Waals surface area (Å²) in [4.78, 5) is 11.9. The van der Waals surface area contributed by atoms with Crippen LogP contribution in [0.3, 0.4) is 0 Å². The average molecular weight is 264 g/mol. The topological polar surface area (TPSA) is 46.9 Å². The number of rotatable bonds is 3. The van der Waals surface area contributed by atoms with Crippen LogP contribution in [-0.2, 0) is 13.6 Å². The molecule has 0 spiro atoms. The quantitative estimate of drug-likeness (QED) is 0.924. The molecule has 1 heterocycles. The molecule has 2 rings (SSSR count). The minimum absolute atomic E-state index is 0.118. The molecule has 0 fully saturated rings. The molecule has 18 heavy (non-hydrogen) atoms. The highest BCUT2D eigenvalue weighted by atomic mass is 35.5. The van der Waals surface area contributed by atoms with E-state index in [-0.39, 0.29) is 5.91 Å². The maximum Gasteiger partial charge on any atom is 0.251 e. The second kappa shape index (κ2) is 5.23. The van der Waals surface area contributed by atoms with Crippen molar-refractivity contribution in [3.63, 3.8) is 0 Å². The minimum Gasteiger partial charge on any atom is -0.346 e. The first-order valence-electron chi connectivity index (χ1n) is 5.59. The SMILES string of the molecule is Cc1ccc(C(=O)NCc2c(Cl)cnn2C)cc1. The molecule has 0 bridgehead atoms. The molecular formula is C13H14ClN3O. The average Bonchev–Trinajstić information content (AvgIpc) is 2.67. The van der Waals surface area contributed by atoms with Crippen LogP contribution >= 0.6 is 11.6 Å². The van der Waals surface area contributed by atoms with Gasteiger partial charge in [-0.15, -0.1) is 0 Å². The van der Waals surface area contributed by atoms with Gasteiger partial charge in [0.1, 0.15) is 0 Å². The molecule has 0 unspecified atom stereocenters. The molecule has 2 aromatic rings. The lowest BCUT2D eigenvalue weighted by molar-refractivity contribution is 0.0950. The van der Waals surface area contributed by atoms with Crippen LogP contribution in [0.25, 0.3) is 0 Å². The number of hydrogen-bond acceptors (Lipinski definition) is 2. The standard InChI is InChI=1S/C13H14ClN3O/c1-9-3-5-10(6-4-9)13(18)15-8-12-11(14)7-16-17(12)2/h3-7H,8H2,1-2H3,(H,15,18). The summed E-state index contributed by atoms with van der Waals surface area (Å²) in [6, 6.07) is 7.42. The van der Waals surface area contributed by atoms with Crippen molar-refractivity contribution in [1.29, 1.82) is 0 Å². The highest BCUT2D eigenvalue weighted by Crippen LogP contribution is 2.13. The number of halogens is 1. The second-order valence-corrected chi connectivity index (χ2v) is 4.52. The zero-order chi connectivity index (χ0) is 13.1. The summed E-state index contributed by atoms with van der Waals surface area (Å²) >= 11 is 5.96. The Morgan fingerprint density at radius 3 is 2.61 bits per heavy atom. The number of aromatic nitrogens is 2. The van der Waals surface area contributed by atoms with Crippen molar-refractivity contribution >= 4 is 17.5 Å². The number of benzene rings is 1. The molecular weight excluding hydrogens is 250 g/mol. The number of aryl methyl sites for hydroxylation is 2. The van der Waals surface area contributed by atoms with Crippen molar-refractivity contribution in [2.24, 2.45) is 7.05 Å². The van der Waals surface area contributed by atoms with Gasteiger partial charge in [-0.25, -0.2) is 0 Å². The number of carbonyl (C=O) groups excluding carboxylic acids is 1. The van der Waals surface area contributed by atoms with E-state index in [9.17, 15) is 4.79 Å². The summed E-state index contributed by atoms with van der Waals surface area (Å²) in [7, 11) is 1.79. The lowest BCUT2D eigenvalue weighted by Gasteiger charge is -2.06. The van der Waals surface area contributed by atoms with E-state index in [0.717, 1.165) is 11.3 Å². The first kappa shape index (κ1) is 12.6. The van der Waals surface area contributed by atoms with Crippen LogP contribution in [0.15, 0.2) is 30.5 Å². The Hall–Kier alpha value is -1.81. The van der Waals surface area contributed by atoms with Gasteiger partial charge in [-0.05, 0) is 19.1 Å². The number of nitrogens with one attached hydrogen (secondary N) is 1. The van der Waals surface area contributed by atoms with E-state index in [4.69, 9.17) is 11.6 Å². The van der Waals surface area contributed by atoms with Gasteiger partial charge in [-0.2, -0.15) is 5.10 Å². The number of hydrogen-bond donors (Lipinski definition) is 1. The Labute approximate surface area is 111 Å². The van der Waals surface area contributed by atoms with Crippen LogP contribution in [0.5, 0.6) is 0 Å². The summed E-state index contributed by atoms with van der Waals surface area (Å²) in [5, 5.41) is 7.39. The fraction of sp³-hybridized carbons (Fsp3) is 0.231. The number of amides is 1. The van der Waals surface area contributed by atoms with E-state index in [2.05, 4.69) is 10.4 Å². The minimum atomic E-state index is -0.118. The van der Waals surface area contributed by atoms with E-state index >= 15 is 0 Å². The Morgan fingerprint density at radius 1 is 1.39 bits per heavy atom. The summed E-state index contributed by atoms with van der Waals surface area (Å²) in [6.07, 6.45) is 1.56. The van der Waals surface area contributed by atoms with Crippen molar-refractivity contribution in [2.45, 2.75) is 13.5 Å². The predicted octanol–water partition coefficient (Wildman–Crippen LogP) is 2.31. The molecule has 0 aliphatic heterocycles. The van der Waals surface area contributed by atoms with Crippen LogP contribution < -0.4 is 5.32 Å². The van der Waals surface area contributed by atoms with Gasteiger partial charge in [0.2, 0.25) is 0 Å². The monoisotopic (exact) mass is 263 g/mol. The smallest absolute Gasteiger partial charge is 0.251 e. The lowest BCUT2D eigenvalue weighted by atomic mass is 10.1. The molecule has 1 N–H and O–H groups in total. The third-order valence-corrected chi connectivity index (χ3v) is 3.06. The molecule has 1 aromatic carbocycles. The molecule has 0 saturated heterocycles. The maximum atomic E-state index is 11.9. The van der Waals surface area contributed by atoms with Crippen molar-refractivity contribution < 1.29 is 4.79 Å². The predicted molar refractivity (Wildman–Crippen MR) is 70.6 cm³/mol. The molecule has 5 heteroatoms. The van der Waals surface area contributed by atoms with E-state index in [1.165, 1.54) is 0 Å². The van der Waals surface area contributed by atoms with E-state index < -0.39 is 0 Å². The molecule has 0 aliphatic carbocycles. The Bertz CT molecular complexity index is 541. The van der Waals surface area contributed by atoms with Crippen LogP contribution in [0.1, 0.15) is 21.6 Å². The Morgan fingerprint density at radius 2 is 2.06 bits per heavy atom. The van der Waals surface area contributed by atoms with Crippen molar-refractivity contribution in [2.75, 3.05) is 0 Å². The zero-order valence-electron chi connectivity index (χ0n) is 10.3. The van der Waals surface area contributed by atoms with Gasteiger partial charge < -0.3 is 5.32 Å². The molecule has 1 amide bonds. The van der Waals surface area contributed by atoms with Gasteiger partial charge in [-0.3, -0.25) is 9.48 Å². The fourth-order valence-corrected chi connectivity index (χ4v) is 1.84. The maximum absolute atomic E-state index is 11.9. The van der Waals surface area contributed by atoms with Gasteiger partial charge in [0, 0.05) is 12.6 Å². The summed E-state index contributed by atoms with van der Waals surface area (Å²) in [5.41, 5.74) is 2.55. The Kier molecular flexibility index (Phi) is 3.67. The zero-order valence-corrected chi connectivity index (χ0v) is 11.0. The van der Waals surface area contributed by atoms with Crippen molar-refractivity contribution in [3.05, 3.63) is 52.3 Å². The first-order chi connectivity index (χ1) is 8.58. The molecule has 4 nitrogen and oxygen atoms in total. The molecule has 94 valence electrons. The van der Waals surface area contributed by atoms with E-state index in [1.54, 1.807) is 30.1 Å². The number of carbonyl (C=O) groups is 1. The van der Waals surface area contributed by atoms with Gasteiger partial charge in [0.15, 0.2) is 0 Å². The third-order valence-electron chi connectivity index (χ3n) is 2.74.